The normalized spacial score (nSPS) is 14.5. The van der Waals surface area contributed by atoms with E-state index in [2.05, 4.69) is 29.2 Å². The molecule has 0 bridgehead atoms. The van der Waals surface area contributed by atoms with Crippen molar-refractivity contribution in [3.63, 3.8) is 0 Å². The van der Waals surface area contributed by atoms with Crippen molar-refractivity contribution in [2.24, 2.45) is 0 Å². The lowest BCUT2D eigenvalue weighted by atomic mass is 9.88. The van der Waals surface area contributed by atoms with Crippen molar-refractivity contribution in [1.82, 2.24) is 9.80 Å². The van der Waals surface area contributed by atoms with Crippen LogP contribution in [-0.4, -0.2) is 103 Å². The van der Waals surface area contributed by atoms with Gasteiger partial charge in [-0.25, -0.2) is 4.79 Å². The van der Waals surface area contributed by atoms with E-state index in [1.165, 1.54) is 5.56 Å². The number of rotatable bonds is 14. The summed E-state index contributed by atoms with van der Waals surface area (Å²) < 4.78 is 12.3. The molecule has 0 radical (unpaired) electrons. The zero-order chi connectivity index (χ0) is 40.3. The van der Waals surface area contributed by atoms with Crippen molar-refractivity contribution in [2.75, 3.05) is 39.5 Å². The Bertz CT molecular complexity index is 2060. The molecule has 14 heteroatoms. The molecule has 4 aromatic rings. The van der Waals surface area contributed by atoms with E-state index >= 15 is 0 Å². The summed E-state index contributed by atoms with van der Waals surface area (Å²) in [5, 5.41) is 45.8. The van der Waals surface area contributed by atoms with Crippen LogP contribution in [0.2, 0.25) is 5.02 Å². The maximum atomic E-state index is 13.8. The largest absolute Gasteiger partial charge is 0.481 e. The number of hydrogen-bond donors (Lipinski definition) is 4. The predicted octanol–water partition coefficient (Wildman–Crippen LogP) is 5.98. The Morgan fingerprint density at radius 2 is 1.55 bits per heavy atom. The Labute approximate surface area is 327 Å². The first-order chi connectivity index (χ1) is 26.1. The van der Waals surface area contributed by atoms with E-state index in [4.69, 9.17) is 32.0 Å². The van der Waals surface area contributed by atoms with Gasteiger partial charge in [0.25, 0.3) is 5.91 Å². The fourth-order valence-corrected chi connectivity index (χ4v) is 7.83. The zero-order valence-electron chi connectivity index (χ0n) is 30.6. The number of carbonyl (C=O) groups excluding carboxylic acids is 1. The Kier molecular flexibility index (Phi) is 15.1. The Hall–Kier alpha value is -5.13. The van der Waals surface area contributed by atoms with Gasteiger partial charge in [0.1, 0.15) is 0 Å². The second-order valence-corrected chi connectivity index (χ2v) is 15.4. The van der Waals surface area contributed by atoms with Gasteiger partial charge in [-0.15, -0.1) is 0 Å². The van der Waals surface area contributed by atoms with Gasteiger partial charge in [0.15, 0.2) is 5.60 Å². The molecule has 4 N–H and O–H groups in total. The van der Waals surface area contributed by atoms with Gasteiger partial charge >= 0.3 is 17.9 Å². The average molecular weight is 790 g/mol. The van der Waals surface area contributed by atoms with Gasteiger partial charge in [-0.3, -0.25) is 18.6 Å². The second-order valence-electron chi connectivity index (χ2n) is 13.7. The summed E-state index contributed by atoms with van der Waals surface area (Å²) >= 11 is 6.21. The van der Waals surface area contributed by atoms with Crippen LogP contribution in [-0.2, 0) is 25.2 Å². The fraction of sp³-hybridized carbons (Fsp3) is 0.341. The minimum atomic E-state index is -2.74. The van der Waals surface area contributed by atoms with Gasteiger partial charge in [-0.1, -0.05) is 66.2 Å². The molecule has 5 rings (SSSR count). The minimum absolute atomic E-state index is 0.0879. The first-order valence-electron chi connectivity index (χ1n) is 17.6. The highest BCUT2D eigenvalue weighted by molar-refractivity contribution is 7.84. The number of halogens is 1. The molecule has 1 aliphatic heterocycles. The van der Waals surface area contributed by atoms with E-state index in [9.17, 15) is 28.6 Å². The van der Waals surface area contributed by atoms with Crippen LogP contribution >= 0.6 is 11.6 Å². The smallest absolute Gasteiger partial charge is 0.336 e. The number of aliphatic carboxylic acids is 3. The van der Waals surface area contributed by atoms with Crippen molar-refractivity contribution in [3.8, 4) is 6.07 Å². The summed E-state index contributed by atoms with van der Waals surface area (Å²) in [6.07, 6.45) is 2.46. The number of nitrogens with zero attached hydrogens (tertiary/aromatic N) is 3. The summed E-state index contributed by atoms with van der Waals surface area (Å²) in [4.78, 5) is 49.5. The monoisotopic (exact) mass is 789 g/mol. The molecule has 0 aromatic heterocycles. The van der Waals surface area contributed by atoms with Crippen LogP contribution in [0.25, 0.3) is 10.8 Å². The standard InChI is InChI=1S/C35H36ClN3O2S.C6H8O7/c1-38(35(40)33-22-25(23-37)21-28-7-3-4-8-31(28)33)24-29(26-11-13-30(36)14-12-26)17-20-39-18-15-27(16-19-39)32-9-5-6-10-34(32)42(2)41;7-3(8)1-6(13,5(11)12)2-4(9)10/h3-14,21-22,27,29H,15-20,24H2,1-2H3;13H,1-2H2,(H,7,8)(H,9,10)(H,11,12)/t29?,42-;/m0./s1. The van der Waals surface area contributed by atoms with Crippen LogP contribution in [0.15, 0.2) is 89.8 Å². The average Bonchev–Trinajstić information content (AvgIpc) is 3.15. The van der Waals surface area contributed by atoms with Gasteiger partial charge in [0.2, 0.25) is 0 Å². The summed E-state index contributed by atoms with van der Waals surface area (Å²) in [5.41, 5.74) is 0.680. The maximum Gasteiger partial charge on any atom is 0.336 e. The molecule has 1 fully saturated rings. The molecule has 1 amide bonds. The number of aliphatic hydroxyl groups is 1. The zero-order valence-corrected chi connectivity index (χ0v) is 32.1. The second kappa shape index (κ2) is 19.5. The predicted molar refractivity (Wildman–Crippen MR) is 209 cm³/mol. The van der Waals surface area contributed by atoms with E-state index in [1.54, 1.807) is 17.2 Å². The van der Waals surface area contributed by atoms with Crippen molar-refractivity contribution >= 4 is 57.0 Å². The maximum absolute atomic E-state index is 13.8. The highest BCUT2D eigenvalue weighted by Gasteiger charge is 2.40. The van der Waals surface area contributed by atoms with E-state index in [-0.39, 0.29) is 11.8 Å². The molecule has 0 saturated carbocycles. The fourth-order valence-electron chi connectivity index (χ4n) is 6.87. The highest BCUT2D eigenvalue weighted by atomic mass is 35.5. The first-order valence-corrected chi connectivity index (χ1v) is 19.5. The van der Waals surface area contributed by atoms with Gasteiger partial charge in [0.05, 0.1) is 35.3 Å². The van der Waals surface area contributed by atoms with Gasteiger partial charge in [-0.2, -0.15) is 5.26 Å². The SMILES string of the molecule is CN(CC(CCN1CCC(c2ccccc2[S@](C)=O)CC1)c1ccc(Cl)cc1)C(=O)c1cc(C#N)cc2ccccc12.O=C(O)CC(O)(CC(=O)O)C(=O)O. The lowest BCUT2D eigenvalue weighted by Crippen LogP contribution is -2.42. The van der Waals surface area contributed by atoms with Crippen LogP contribution in [0.3, 0.4) is 0 Å². The van der Waals surface area contributed by atoms with Crippen LogP contribution in [0.4, 0.5) is 0 Å². The molecule has 290 valence electrons. The molecule has 2 atom stereocenters. The van der Waals surface area contributed by atoms with Gasteiger partial charge in [0, 0.05) is 41.2 Å². The molecule has 1 unspecified atom stereocenters. The molecule has 1 saturated heterocycles. The molecule has 0 aliphatic carbocycles. The number of carboxylic acid groups (broad SMARTS) is 3. The summed E-state index contributed by atoms with van der Waals surface area (Å²) in [5.74, 6) is -4.55. The third kappa shape index (κ3) is 11.7. The number of carbonyl (C=O) groups is 4. The molecular formula is C41H44ClN3O9S. The number of benzene rings is 4. The number of piperidine rings is 1. The molecule has 55 heavy (non-hydrogen) atoms. The number of carboxylic acids is 3. The summed E-state index contributed by atoms with van der Waals surface area (Å²) in [6.45, 7) is 3.46. The number of fused-ring (bicyclic) bond motifs is 1. The lowest BCUT2D eigenvalue weighted by molar-refractivity contribution is -0.170. The molecule has 0 spiro atoms. The van der Waals surface area contributed by atoms with E-state index in [1.807, 2.05) is 67.7 Å². The van der Waals surface area contributed by atoms with Crippen LogP contribution < -0.4 is 0 Å². The van der Waals surface area contributed by atoms with Gasteiger partial charge in [-0.05, 0) is 97.0 Å². The Balaban J connectivity index is 0.000000444. The Morgan fingerprint density at radius 1 is 0.945 bits per heavy atom. The van der Waals surface area contributed by atoms with Crippen LogP contribution in [0.1, 0.15) is 71.0 Å². The van der Waals surface area contributed by atoms with E-state index in [0.29, 0.717) is 28.6 Å². The van der Waals surface area contributed by atoms with E-state index < -0.39 is 47.2 Å². The molecule has 1 aliphatic rings. The summed E-state index contributed by atoms with van der Waals surface area (Å²) in [7, 11) is 0.859. The number of hydrogen-bond acceptors (Lipinski definition) is 8. The highest BCUT2D eigenvalue weighted by Crippen LogP contribution is 2.33. The quantitative estimate of drug-likeness (QED) is 0.117. The van der Waals surface area contributed by atoms with Crippen molar-refractivity contribution in [2.45, 2.75) is 54.4 Å². The molecule has 4 aromatic carbocycles. The van der Waals surface area contributed by atoms with Crippen molar-refractivity contribution in [3.05, 3.63) is 112 Å². The molecule has 12 nitrogen and oxygen atoms in total. The number of amides is 1. The third-order valence-corrected chi connectivity index (χ3v) is 11.0. The molecular weight excluding hydrogens is 746 g/mol. The molecule has 1 heterocycles. The first kappa shape index (κ1) is 42.6. The Morgan fingerprint density at radius 3 is 2.13 bits per heavy atom. The summed E-state index contributed by atoms with van der Waals surface area (Å²) in [6, 6.07) is 29.5. The van der Waals surface area contributed by atoms with Gasteiger partial charge < -0.3 is 30.2 Å². The number of nitriles is 1. The van der Waals surface area contributed by atoms with Crippen molar-refractivity contribution < 1.29 is 43.8 Å². The van der Waals surface area contributed by atoms with Crippen LogP contribution in [0.5, 0.6) is 0 Å². The van der Waals surface area contributed by atoms with Crippen LogP contribution in [0, 0.1) is 11.3 Å². The van der Waals surface area contributed by atoms with E-state index in [0.717, 1.165) is 60.1 Å². The lowest BCUT2D eigenvalue weighted by Gasteiger charge is -2.34. The minimum Gasteiger partial charge on any atom is -0.481 e. The number of likely N-dealkylation sites (tertiary alicyclic amines) is 1. The van der Waals surface area contributed by atoms with Crippen molar-refractivity contribution in [1.29, 1.82) is 5.26 Å². The number of likely N-dealkylation sites (N-methyl/N-ethyl adjacent to an activating group) is 1. The third-order valence-electron chi connectivity index (χ3n) is 9.74. The topological polar surface area (TPSA) is 197 Å².